The van der Waals surface area contributed by atoms with Gasteiger partial charge in [-0.1, -0.05) is 0 Å². The lowest BCUT2D eigenvalue weighted by molar-refractivity contribution is 0.102. The van der Waals surface area contributed by atoms with Gasteiger partial charge in [-0.3, -0.25) is 10.1 Å². The zero-order chi connectivity index (χ0) is 15.9. The van der Waals surface area contributed by atoms with Crippen LogP contribution >= 0.6 is 11.3 Å². The van der Waals surface area contributed by atoms with Gasteiger partial charge in [0.2, 0.25) is 0 Å². The number of pyridine rings is 1. The molecule has 6 nitrogen and oxygen atoms in total. The molecule has 0 aromatic carbocycles. The Morgan fingerprint density at radius 2 is 2.14 bits per heavy atom. The van der Waals surface area contributed by atoms with Crippen LogP contribution in [0.2, 0.25) is 0 Å². The van der Waals surface area contributed by atoms with Crippen LogP contribution in [0.3, 0.4) is 0 Å². The first-order valence-corrected chi connectivity index (χ1v) is 7.89. The van der Waals surface area contributed by atoms with E-state index in [0.29, 0.717) is 17.2 Å². The molecule has 3 aromatic rings. The second-order valence-corrected chi connectivity index (χ2v) is 6.38. The molecule has 0 bridgehead atoms. The predicted molar refractivity (Wildman–Crippen MR) is 87.5 cm³/mol. The molecule has 0 spiro atoms. The summed E-state index contributed by atoms with van der Waals surface area (Å²) < 4.78 is 1.82. The second kappa shape index (κ2) is 5.49. The molecule has 0 aliphatic carbocycles. The van der Waals surface area contributed by atoms with Gasteiger partial charge in [0.15, 0.2) is 10.8 Å². The van der Waals surface area contributed by atoms with Crippen LogP contribution in [-0.2, 0) is 6.54 Å². The van der Waals surface area contributed by atoms with Crippen molar-refractivity contribution in [2.45, 2.75) is 34.2 Å². The highest BCUT2D eigenvalue weighted by atomic mass is 32.1. The molecule has 3 heterocycles. The lowest BCUT2D eigenvalue weighted by atomic mass is 10.1. The summed E-state index contributed by atoms with van der Waals surface area (Å²) in [5.41, 5.74) is 2.94. The summed E-state index contributed by atoms with van der Waals surface area (Å²) >= 11 is 1.45. The molecule has 0 fully saturated rings. The molecular formula is C15H17N5OS. The minimum Gasteiger partial charge on any atom is -0.298 e. The topological polar surface area (TPSA) is 72.7 Å². The van der Waals surface area contributed by atoms with Crippen molar-refractivity contribution in [2.24, 2.45) is 0 Å². The first kappa shape index (κ1) is 14.6. The van der Waals surface area contributed by atoms with Gasteiger partial charge in [-0.15, -0.1) is 11.3 Å². The number of anilines is 1. The molecule has 1 amide bonds. The predicted octanol–water partition coefficient (Wildman–Crippen LogP) is 3.09. The standard InChI is InChI=1S/C15H17N5OS/c1-5-20-13-12(10(4)19-20)11(6-8(2)17-13)14(21)18-15-16-7-9(3)22-15/h6-7H,5H2,1-4H3,(H,16,18,21). The summed E-state index contributed by atoms with van der Waals surface area (Å²) in [6, 6.07) is 1.80. The van der Waals surface area contributed by atoms with Crippen LogP contribution in [-0.4, -0.2) is 25.7 Å². The molecule has 7 heteroatoms. The fourth-order valence-corrected chi connectivity index (χ4v) is 3.11. The van der Waals surface area contributed by atoms with Crippen LogP contribution in [0.1, 0.15) is 33.5 Å². The smallest absolute Gasteiger partial charge is 0.258 e. The number of aromatic nitrogens is 4. The van der Waals surface area contributed by atoms with Gasteiger partial charge < -0.3 is 0 Å². The Hall–Kier alpha value is -2.28. The highest BCUT2D eigenvalue weighted by Crippen LogP contribution is 2.24. The number of carbonyl (C=O) groups is 1. The van der Waals surface area contributed by atoms with Crippen molar-refractivity contribution in [2.75, 3.05) is 5.32 Å². The highest BCUT2D eigenvalue weighted by molar-refractivity contribution is 7.15. The summed E-state index contributed by atoms with van der Waals surface area (Å²) in [6.45, 7) is 8.46. The number of carbonyl (C=O) groups excluding carboxylic acids is 1. The maximum absolute atomic E-state index is 12.6. The van der Waals surface area contributed by atoms with Crippen molar-refractivity contribution in [1.82, 2.24) is 19.7 Å². The first-order chi connectivity index (χ1) is 10.5. The Kier molecular flexibility index (Phi) is 3.66. The monoisotopic (exact) mass is 315 g/mol. The van der Waals surface area contributed by atoms with Crippen molar-refractivity contribution in [3.63, 3.8) is 0 Å². The number of amides is 1. The fraction of sp³-hybridized carbons (Fsp3) is 0.333. The molecule has 3 rings (SSSR count). The van der Waals surface area contributed by atoms with Crippen LogP contribution in [0.5, 0.6) is 0 Å². The molecule has 0 unspecified atom stereocenters. The third-order valence-corrected chi connectivity index (χ3v) is 4.22. The number of nitrogens with one attached hydrogen (secondary N) is 1. The van der Waals surface area contributed by atoms with Gasteiger partial charge in [-0.2, -0.15) is 5.10 Å². The van der Waals surface area contributed by atoms with Crippen molar-refractivity contribution in [3.8, 4) is 0 Å². The van der Waals surface area contributed by atoms with E-state index in [4.69, 9.17) is 0 Å². The van der Waals surface area contributed by atoms with E-state index in [1.807, 2.05) is 32.4 Å². The molecule has 0 saturated carbocycles. The summed E-state index contributed by atoms with van der Waals surface area (Å²) in [7, 11) is 0. The van der Waals surface area contributed by atoms with Crippen molar-refractivity contribution in [1.29, 1.82) is 0 Å². The summed E-state index contributed by atoms with van der Waals surface area (Å²) in [5.74, 6) is -0.177. The van der Waals surface area contributed by atoms with E-state index in [1.165, 1.54) is 11.3 Å². The minimum absolute atomic E-state index is 0.177. The van der Waals surface area contributed by atoms with Gasteiger partial charge in [-0.05, 0) is 33.8 Å². The molecular weight excluding hydrogens is 298 g/mol. The maximum Gasteiger partial charge on any atom is 0.258 e. The molecule has 0 aliphatic rings. The summed E-state index contributed by atoms with van der Waals surface area (Å²) in [5, 5.41) is 8.73. The Morgan fingerprint density at radius 1 is 1.36 bits per heavy atom. The molecule has 3 aromatic heterocycles. The molecule has 1 N–H and O–H groups in total. The van der Waals surface area contributed by atoms with Crippen LogP contribution in [0.25, 0.3) is 11.0 Å². The van der Waals surface area contributed by atoms with Crippen molar-refractivity contribution in [3.05, 3.63) is 34.1 Å². The molecule has 22 heavy (non-hydrogen) atoms. The Balaban J connectivity index is 2.09. The third-order valence-electron chi connectivity index (χ3n) is 3.39. The van der Waals surface area contributed by atoms with E-state index in [2.05, 4.69) is 20.4 Å². The number of hydrogen-bond donors (Lipinski definition) is 1. The van der Waals surface area contributed by atoms with Gasteiger partial charge in [-0.25, -0.2) is 14.6 Å². The van der Waals surface area contributed by atoms with Gasteiger partial charge in [0.1, 0.15) is 0 Å². The zero-order valence-electron chi connectivity index (χ0n) is 13.0. The van der Waals surface area contributed by atoms with Crippen LogP contribution < -0.4 is 5.32 Å². The number of rotatable bonds is 3. The number of nitrogens with zero attached hydrogens (tertiary/aromatic N) is 4. The van der Waals surface area contributed by atoms with Crippen molar-refractivity contribution < 1.29 is 4.79 Å². The van der Waals surface area contributed by atoms with Gasteiger partial charge in [0.25, 0.3) is 5.91 Å². The van der Waals surface area contributed by atoms with Crippen LogP contribution in [0.15, 0.2) is 12.3 Å². The third kappa shape index (κ3) is 2.48. The van der Waals surface area contributed by atoms with E-state index in [1.54, 1.807) is 12.3 Å². The lowest BCUT2D eigenvalue weighted by Crippen LogP contribution is -2.13. The average molecular weight is 315 g/mol. The number of hydrogen-bond acceptors (Lipinski definition) is 5. The summed E-state index contributed by atoms with van der Waals surface area (Å²) in [4.78, 5) is 22.4. The van der Waals surface area contributed by atoms with E-state index >= 15 is 0 Å². The van der Waals surface area contributed by atoms with E-state index in [9.17, 15) is 4.79 Å². The van der Waals surface area contributed by atoms with Crippen molar-refractivity contribution >= 4 is 33.4 Å². The summed E-state index contributed by atoms with van der Waals surface area (Å²) in [6.07, 6.45) is 1.74. The Bertz CT molecular complexity index is 864. The molecule has 114 valence electrons. The normalized spacial score (nSPS) is 11.1. The maximum atomic E-state index is 12.6. The number of aryl methyl sites for hydroxylation is 4. The number of thiazole rings is 1. The van der Waals surface area contributed by atoms with Gasteiger partial charge >= 0.3 is 0 Å². The SMILES string of the molecule is CCn1nc(C)c2c(C(=O)Nc3ncc(C)s3)cc(C)nc21. The largest absolute Gasteiger partial charge is 0.298 e. The Labute approximate surface area is 132 Å². The number of fused-ring (bicyclic) bond motifs is 1. The second-order valence-electron chi connectivity index (χ2n) is 5.14. The average Bonchev–Trinajstić information content (AvgIpc) is 3.01. The van der Waals surface area contributed by atoms with Gasteiger partial charge in [0, 0.05) is 23.3 Å². The first-order valence-electron chi connectivity index (χ1n) is 7.08. The van der Waals surface area contributed by atoms with E-state index in [0.717, 1.165) is 27.3 Å². The lowest BCUT2D eigenvalue weighted by Gasteiger charge is -2.06. The molecule has 0 saturated heterocycles. The zero-order valence-corrected chi connectivity index (χ0v) is 13.8. The Morgan fingerprint density at radius 3 is 2.77 bits per heavy atom. The van der Waals surface area contributed by atoms with E-state index < -0.39 is 0 Å². The molecule has 0 radical (unpaired) electrons. The van der Waals surface area contributed by atoms with Gasteiger partial charge in [0.05, 0.1) is 16.6 Å². The quantitative estimate of drug-likeness (QED) is 0.806. The van der Waals surface area contributed by atoms with E-state index in [-0.39, 0.29) is 5.91 Å². The fourth-order valence-electron chi connectivity index (χ4n) is 2.46. The minimum atomic E-state index is -0.177. The highest BCUT2D eigenvalue weighted by Gasteiger charge is 2.19. The van der Waals surface area contributed by atoms with Crippen LogP contribution in [0.4, 0.5) is 5.13 Å². The van der Waals surface area contributed by atoms with Crippen LogP contribution in [0, 0.1) is 20.8 Å². The molecule has 0 aliphatic heterocycles. The molecule has 0 atom stereocenters.